The summed E-state index contributed by atoms with van der Waals surface area (Å²) in [6.07, 6.45) is 3.12. The van der Waals surface area contributed by atoms with Gasteiger partial charge in [0.05, 0.1) is 26.4 Å². The highest BCUT2D eigenvalue weighted by Gasteiger charge is 2.50. The SMILES string of the molecule is Cc1cccc(C)c1C(CNC1(C(COCc2c(F)cccc2F)c2c(C)cccc2C)C(C)CCCC1C)COCc1c(F)cccc1F.Cl. The van der Waals surface area contributed by atoms with Crippen molar-refractivity contribution < 1.29 is 27.0 Å². The Hall–Kier alpha value is -3.23. The second-order valence-corrected chi connectivity index (χ2v) is 14.3. The van der Waals surface area contributed by atoms with Crippen LogP contribution in [0.25, 0.3) is 0 Å². The molecule has 0 amide bonds. The largest absolute Gasteiger partial charge is 0.376 e. The fraction of sp³-hybridized carbons (Fsp3) is 0.442. The molecule has 0 spiro atoms. The summed E-state index contributed by atoms with van der Waals surface area (Å²) in [5, 5.41) is 4.13. The van der Waals surface area contributed by atoms with Crippen LogP contribution < -0.4 is 5.32 Å². The lowest BCUT2D eigenvalue weighted by Gasteiger charge is -2.54. The Kier molecular flexibility index (Phi) is 14.3. The Morgan fingerprint density at radius 1 is 0.627 bits per heavy atom. The van der Waals surface area contributed by atoms with Crippen LogP contribution >= 0.6 is 12.4 Å². The van der Waals surface area contributed by atoms with E-state index in [1.54, 1.807) is 0 Å². The van der Waals surface area contributed by atoms with E-state index in [1.807, 2.05) is 6.07 Å². The number of nitrogens with one attached hydrogen (secondary N) is 1. The molecule has 1 N–H and O–H groups in total. The Morgan fingerprint density at radius 3 is 1.47 bits per heavy atom. The molecule has 0 radical (unpaired) electrons. The van der Waals surface area contributed by atoms with Gasteiger partial charge in [0.1, 0.15) is 23.3 Å². The molecule has 1 fully saturated rings. The maximum atomic E-state index is 14.7. The maximum absolute atomic E-state index is 14.7. The van der Waals surface area contributed by atoms with Crippen LogP contribution in [0, 0.1) is 62.8 Å². The fourth-order valence-corrected chi connectivity index (χ4v) is 8.63. The smallest absolute Gasteiger partial charge is 0.131 e. The third kappa shape index (κ3) is 8.88. The molecule has 4 aromatic carbocycles. The molecule has 1 aliphatic rings. The van der Waals surface area contributed by atoms with E-state index in [9.17, 15) is 17.6 Å². The summed E-state index contributed by atoms with van der Waals surface area (Å²) in [4.78, 5) is 0. The monoisotopic (exact) mass is 725 g/mol. The maximum Gasteiger partial charge on any atom is 0.131 e. The van der Waals surface area contributed by atoms with Crippen LogP contribution in [0.2, 0.25) is 0 Å². The Balaban J connectivity index is 0.00000583. The highest BCUT2D eigenvalue weighted by Crippen LogP contribution is 2.49. The van der Waals surface area contributed by atoms with Crippen LogP contribution in [-0.4, -0.2) is 25.3 Å². The summed E-state index contributed by atoms with van der Waals surface area (Å²) in [6.45, 7) is 13.7. The van der Waals surface area contributed by atoms with Crippen molar-refractivity contribution in [1.82, 2.24) is 5.32 Å². The second-order valence-electron chi connectivity index (χ2n) is 14.3. The van der Waals surface area contributed by atoms with Crippen molar-refractivity contribution in [3.63, 3.8) is 0 Å². The molecule has 0 bridgehead atoms. The first-order chi connectivity index (χ1) is 24.0. The van der Waals surface area contributed by atoms with E-state index in [0.717, 1.165) is 47.1 Å². The molecular formula is C43H52ClF4NO2. The van der Waals surface area contributed by atoms with E-state index in [4.69, 9.17) is 9.47 Å². The average Bonchev–Trinajstić information content (AvgIpc) is 3.06. The van der Waals surface area contributed by atoms with E-state index in [0.29, 0.717) is 6.54 Å². The van der Waals surface area contributed by atoms with Crippen molar-refractivity contribution in [3.05, 3.63) is 141 Å². The van der Waals surface area contributed by atoms with Crippen molar-refractivity contribution in [1.29, 1.82) is 0 Å². The van der Waals surface area contributed by atoms with Gasteiger partial charge in [0.2, 0.25) is 0 Å². The third-order valence-corrected chi connectivity index (χ3v) is 11.2. The van der Waals surface area contributed by atoms with E-state index in [-0.39, 0.29) is 73.6 Å². The minimum Gasteiger partial charge on any atom is -0.376 e. The Bertz CT molecular complexity index is 1670. The van der Waals surface area contributed by atoms with Gasteiger partial charge in [-0.05, 0) is 110 Å². The molecule has 5 rings (SSSR count). The van der Waals surface area contributed by atoms with E-state index < -0.39 is 28.8 Å². The van der Waals surface area contributed by atoms with Gasteiger partial charge < -0.3 is 14.8 Å². The van der Waals surface area contributed by atoms with E-state index >= 15 is 0 Å². The highest BCUT2D eigenvalue weighted by atomic mass is 35.5. The zero-order valence-corrected chi connectivity index (χ0v) is 31.4. The molecule has 4 aromatic rings. The molecule has 3 nitrogen and oxygen atoms in total. The van der Waals surface area contributed by atoms with Crippen LogP contribution in [0.4, 0.5) is 17.6 Å². The van der Waals surface area contributed by atoms with Gasteiger partial charge in [-0.2, -0.15) is 0 Å². The summed E-state index contributed by atoms with van der Waals surface area (Å²) >= 11 is 0. The van der Waals surface area contributed by atoms with Gasteiger partial charge in [-0.25, -0.2) is 17.6 Å². The predicted octanol–water partition coefficient (Wildman–Crippen LogP) is 11.0. The van der Waals surface area contributed by atoms with Gasteiger partial charge >= 0.3 is 0 Å². The standard InChI is InChI=1S/C43H51F4NO2.ClH/c1-27-12-7-13-28(2)41(27)33(23-49-24-34-37(44)18-10-19-38(34)45)22-48-43(31(5)16-9-17-32(43)6)36(42-29(3)14-8-15-30(42)4)26-50-25-35-39(46)20-11-21-40(35)47;/h7-8,10-15,18-21,31-33,36,48H,9,16-17,22-26H2,1-6H3;1H. The van der Waals surface area contributed by atoms with Gasteiger partial charge in [-0.3, -0.25) is 0 Å². The topological polar surface area (TPSA) is 30.5 Å². The first kappa shape index (κ1) is 40.5. The fourth-order valence-electron chi connectivity index (χ4n) is 8.63. The van der Waals surface area contributed by atoms with E-state index in [1.165, 1.54) is 42.0 Å². The number of aryl methyl sites for hydroxylation is 4. The van der Waals surface area contributed by atoms with Crippen molar-refractivity contribution in [2.45, 2.75) is 91.4 Å². The number of ether oxygens (including phenoxy) is 2. The molecule has 1 aliphatic carbocycles. The lowest BCUT2D eigenvalue weighted by molar-refractivity contribution is 0.00557. The second kappa shape index (κ2) is 18.0. The van der Waals surface area contributed by atoms with Crippen molar-refractivity contribution in [2.75, 3.05) is 19.8 Å². The van der Waals surface area contributed by atoms with Crippen LogP contribution in [0.15, 0.2) is 72.8 Å². The van der Waals surface area contributed by atoms with Crippen LogP contribution in [0.5, 0.6) is 0 Å². The van der Waals surface area contributed by atoms with Gasteiger partial charge in [0.15, 0.2) is 0 Å². The lowest BCUT2D eigenvalue weighted by Crippen LogP contribution is -2.62. The summed E-state index contributed by atoms with van der Waals surface area (Å²) in [6, 6.07) is 20.2. The minimum absolute atomic E-state index is 0. The quantitative estimate of drug-likeness (QED) is 0.131. The highest BCUT2D eigenvalue weighted by molar-refractivity contribution is 5.85. The average molecular weight is 726 g/mol. The molecule has 1 saturated carbocycles. The molecule has 276 valence electrons. The molecule has 0 aliphatic heterocycles. The molecule has 0 saturated heterocycles. The number of hydrogen-bond acceptors (Lipinski definition) is 3. The van der Waals surface area contributed by atoms with Crippen LogP contribution in [0.3, 0.4) is 0 Å². The number of rotatable bonds is 14. The molecule has 4 unspecified atom stereocenters. The van der Waals surface area contributed by atoms with Gasteiger partial charge in [-0.15, -0.1) is 12.4 Å². The molecular weight excluding hydrogens is 674 g/mol. The first-order valence-electron chi connectivity index (χ1n) is 17.8. The summed E-state index contributed by atoms with van der Waals surface area (Å²) in [7, 11) is 0. The van der Waals surface area contributed by atoms with Crippen LogP contribution in [-0.2, 0) is 22.7 Å². The molecule has 4 atom stereocenters. The third-order valence-electron chi connectivity index (χ3n) is 11.2. The number of hydrogen-bond donors (Lipinski definition) is 1. The van der Waals surface area contributed by atoms with Crippen molar-refractivity contribution in [2.24, 2.45) is 11.8 Å². The van der Waals surface area contributed by atoms with Gasteiger partial charge in [0.25, 0.3) is 0 Å². The predicted molar refractivity (Wildman–Crippen MR) is 200 cm³/mol. The number of halogens is 5. The first-order valence-corrected chi connectivity index (χ1v) is 17.8. The van der Waals surface area contributed by atoms with Crippen molar-refractivity contribution >= 4 is 12.4 Å². The summed E-state index contributed by atoms with van der Waals surface area (Å²) in [5.41, 5.74) is 6.26. The molecule has 8 heteroatoms. The molecule has 0 heterocycles. The summed E-state index contributed by atoms with van der Waals surface area (Å²) < 4.78 is 70.9. The Labute approximate surface area is 307 Å². The molecule has 51 heavy (non-hydrogen) atoms. The number of benzene rings is 4. The minimum atomic E-state index is -0.623. The Morgan fingerprint density at radius 2 is 1.02 bits per heavy atom. The van der Waals surface area contributed by atoms with Crippen molar-refractivity contribution in [3.8, 4) is 0 Å². The van der Waals surface area contributed by atoms with Crippen LogP contribution in [0.1, 0.15) is 89.5 Å². The normalized spacial score (nSPS) is 20.1. The molecule has 0 aromatic heterocycles. The lowest BCUT2D eigenvalue weighted by atomic mass is 9.58. The van der Waals surface area contributed by atoms with Gasteiger partial charge in [0, 0.05) is 35.0 Å². The summed E-state index contributed by atoms with van der Waals surface area (Å²) in [5.74, 6) is -2.29. The van der Waals surface area contributed by atoms with Gasteiger partial charge in [-0.1, -0.05) is 68.8 Å². The zero-order valence-electron chi connectivity index (χ0n) is 30.6. The van der Waals surface area contributed by atoms with E-state index in [2.05, 4.69) is 77.2 Å². The zero-order chi connectivity index (χ0) is 36.0.